The van der Waals surface area contributed by atoms with E-state index >= 15 is 0 Å². The van der Waals surface area contributed by atoms with Crippen molar-refractivity contribution in [3.63, 3.8) is 0 Å². The molecule has 1 aliphatic heterocycles. The van der Waals surface area contributed by atoms with Gasteiger partial charge in [-0.2, -0.15) is 10.1 Å². The number of amides is 1. The van der Waals surface area contributed by atoms with Crippen molar-refractivity contribution in [3.8, 4) is 17.1 Å². The van der Waals surface area contributed by atoms with E-state index in [1.54, 1.807) is 0 Å². The molecule has 3 heterocycles. The van der Waals surface area contributed by atoms with E-state index < -0.39 is 0 Å². The number of hydrogen-bond donors (Lipinski definition) is 1. The molecule has 0 radical (unpaired) electrons. The van der Waals surface area contributed by atoms with E-state index in [1.165, 1.54) is 12.8 Å². The maximum atomic E-state index is 12.0. The summed E-state index contributed by atoms with van der Waals surface area (Å²) in [4.78, 5) is 16.6. The normalized spacial score (nSPS) is 26.5. The van der Waals surface area contributed by atoms with Gasteiger partial charge in [-0.25, -0.2) is 4.68 Å². The maximum absolute atomic E-state index is 12.0. The van der Waals surface area contributed by atoms with Crippen molar-refractivity contribution in [2.45, 2.75) is 37.6 Å². The molecule has 0 unspecified atom stereocenters. The van der Waals surface area contributed by atoms with Crippen molar-refractivity contribution in [1.29, 1.82) is 0 Å². The molecule has 7 nitrogen and oxygen atoms in total. The summed E-state index contributed by atoms with van der Waals surface area (Å²) in [6.07, 6.45) is 6.42. The van der Waals surface area contributed by atoms with Crippen LogP contribution in [0.5, 0.6) is 0 Å². The minimum atomic E-state index is -0.157. The van der Waals surface area contributed by atoms with Gasteiger partial charge in [0.1, 0.15) is 6.04 Å². The average Bonchev–Trinajstić information content (AvgIpc) is 3.11. The topological polar surface area (TPSA) is 85.8 Å². The van der Waals surface area contributed by atoms with Gasteiger partial charge in [0.05, 0.1) is 11.4 Å². The van der Waals surface area contributed by atoms with Crippen LogP contribution in [-0.2, 0) is 4.79 Å². The van der Waals surface area contributed by atoms with Crippen molar-refractivity contribution in [1.82, 2.24) is 25.2 Å². The summed E-state index contributed by atoms with van der Waals surface area (Å²) >= 11 is 0. The summed E-state index contributed by atoms with van der Waals surface area (Å²) in [5.41, 5.74) is 2.93. The molecule has 3 aliphatic rings. The van der Waals surface area contributed by atoms with Crippen LogP contribution in [0.15, 0.2) is 41.1 Å². The summed E-state index contributed by atoms with van der Waals surface area (Å²) in [5, 5.41) is 11.9. The second-order valence-corrected chi connectivity index (χ2v) is 7.77. The number of carbonyl (C=O) groups is 1. The molecule has 1 N–H and O–H groups in total. The fraction of sp³-hybridized carbons (Fsp3) is 0.400. The van der Waals surface area contributed by atoms with E-state index in [-0.39, 0.29) is 23.8 Å². The third-order valence-corrected chi connectivity index (χ3v) is 6.10. The predicted molar refractivity (Wildman–Crippen MR) is 95.9 cm³/mol. The Kier molecular flexibility index (Phi) is 3.09. The molecule has 3 fully saturated rings. The van der Waals surface area contributed by atoms with Gasteiger partial charge in [0.2, 0.25) is 17.6 Å². The van der Waals surface area contributed by atoms with Crippen LogP contribution in [0.1, 0.15) is 49.2 Å². The minimum absolute atomic E-state index is 0.112. The van der Waals surface area contributed by atoms with Crippen LogP contribution in [0.3, 0.4) is 0 Å². The number of carbonyl (C=O) groups excluding carboxylic acids is 1. The van der Waals surface area contributed by atoms with Gasteiger partial charge in [0, 0.05) is 23.6 Å². The van der Waals surface area contributed by atoms with E-state index in [0.717, 1.165) is 29.8 Å². The van der Waals surface area contributed by atoms with Crippen molar-refractivity contribution in [2.24, 2.45) is 11.8 Å². The van der Waals surface area contributed by atoms with Crippen LogP contribution in [0.25, 0.3) is 17.1 Å². The number of nitrogens with one attached hydrogen (secondary N) is 1. The molecular weight excluding hydrogens is 342 g/mol. The second-order valence-electron chi connectivity index (χ2n) is 7.77. The van der Waals surface area contributed by atoms with E-state index in [0.29, 0.717) is 17.6 Å². The van der Waals surface area contributed by atoms with Crippen molar-refractivity contribution in [3.05, 3.63) is 48.1 Å². The summed E-state index contributed by atoms with van der Waals surface area (Å²) in [6, 6.07) is 9.85. The number of hydrogen-bond acceptors (Lipinski definition) is 5. The van der Waals surface area contributed by atoms with Crippen LogP contribution >= 0.6 is 0 Å². The highest BCUT2D eigenvalue weighted by Gasteiger charge is 2.50. The Morgan fingerprint density at radius 3 is 2.78 bits per heavy atom. The average molecular weight is 361 g/mol. The van der Waals surface area contributed by atoms with Gasteiger partial charge >= 0.3 is 0 Å². The van der Waals surface area contributed by atoms with Crippen molar-refractivity contribution in [2.75, 3.05) is 0 Å². The van der Waals surface area contributed by atoms with Crippen molar-refractivity contribution >= 4 is 5.91 Å². The Bertz CT molecular complexity index is 1030. The summed E-state index contributed by atoms with van der Waals surface area (Å²) < 4.78 is 7.43. The van der Waals surface area contributed by atoms with Gasteiger partial charge in [0.25, 0.3) is 0 Å². The number of nitrogens with zero attached hydrogens (tertiary/aromatic N) is 4. The van der Waals surface area contributed by atoms with Gasteiger partial charge in [-0.15, -0.1) is 0 Å². The van der Waals surface area contributed by atoms with E-state index in [9.17, 15) is 4.79 Å². The standard InChI is InChI=1S/C20H19N5O2/c26-19-13-8-7-12(13)17(21-19)20-22-18(24-27-20)14-3-1-2-4-16(14)25-10-9-15(23-25)11-5-6-11/h1-4,9-13,17H,5-8H2,(H,21,26)/t12-,13+,17-/m0/s1. The largest absolute Gasteiger partial charge is 0.344 e. The molecule has 2 aliphatic carbocycles. The lowest BCUT2D eigenvalue weighted by atomic mass is 9.73. The third-order valence-electron chi connectivity index (χ3n) is 6.10. The zero-order valence-electron chi connectivity index (χ0n) is 14.7. The molecule has 3 aromatic rings. The van der Waals surface area contributed by atoms with E-state index in [4.69, 9.17) is 9.62 Å². The Balaban J connectivity index is 1.35. The van der Waals surface area contributed by atoms with E-state index in [2.05, 4.69) is 21.5 Å². The molecule has 136 valence electrons. The molecule has 7 heteroatoms. The molecular formula is C20H19N5O2. The lowest BCUT2D eigenvalue weighted by molar-refractivity contribution is -0.124. The molecule has 3 atom stereocenters. The highest BCUT2D eigenvalue weighted by molar-refractivity contribution is 5.83. The molecule has 27 heavy (non-hydrogen) atoms. The maximum Gasteiger partial charge on any atom is 0.249 e. The third kappa shape index (κ3) is 2.34. The first-order chi connectivity index (χ1) is 13.3. The first-order valence-electron chi connectivity index (χ1n) is 9.57. The van der Waals surface area contributed by atoms with Gasteiger partial charge < -0.3 is 9.84 Å². The molecule has 1 saturated heterocycles. The summed E-state index contributed by atoms with van der Waals surface area (Å²) in [6.45, 7) is 0. The fourth-order valence-corrected chi connectivity index (χ4v) is 4.26. The number of para-hydroxylation sites is 1. The van der Waals surface area contributed by atoms with Crippen LogP contribution in [0.4, 0.5) is 0 Å². The highest BCUT2D eigenvalue weighted by atomic mass is 16.5. The van der Waals surface area contributed by atoms with Gasteiger partial charge in [-0.3, -0.25) is 4.79 Å². The van der Waals surface area contributed by atoms with Crippen LogP contribution in [0.2, 0.25) is 0 Å². The van der Waals surface area contributed by atoms with Crippen LogP contribution in [-0.4, -0.2) is 25.8 Å². The van der Waals surface area contributed by atoms with Crippen LogP contribution < -0.4 is 5.32 Å². The minimum Gasteiger partial charge on any atom is -0.344 e. The fourth-order valence-electron chi connectivity index (χ4n) is 4.26. The Hall–Kier alpha value is -2.96. The number of fused-ring (bicyclic) bond motifs is 1. The van der Waals surface area contributed by atoms with Gasteiger partial charge in [-0.05, 0) is 49.8 Å². The lowest BCUT2D eigenvalue weighted by Gasteiger charge is -2.29. The predicted octanol–water partition coefficient (Wildman–Crippen LogP) is 3.00. The Morgan fingerprint density at radius 2 is 2.00 bits per heavy atom. The Labute approximate surface area is 155 Å². The Morgan fingerprint density at radius 1 is 1.11 bits per heavy atom. The molecule has 6 rings (SSSR count). The first kappa shape index (κ1) is 15.1. The van der Waals surface area contributed by atoms with E-state index in [1.807, 2.05) is 35.1 Å². The van der Waals surface area contributed by atoms with Gasteiger partial charge in [-0.1, -0.05) is 17.3 Å². The number of aromatic nitrogens is 4. The monoisotopic (exact) mass is 361 g/mol. The first-order valence-corrected chi connectivity index (χ1v) is 9.57. The van der Waals surface area contributed by atoms with Crippen LogP contribution in [0, 0.1) is 11.8 Å². The summed E-state index contributed by atoms with van der Waals surface area (Å²) in [7, 11) is 0. The smallest absolute Gasteiger partial charge is 0.249 e. The lowest BCUT2D eigenvalue weighted by Crippen LogP contribution is -2.27. The SMILES string of the molecule is O=C1N[C@H](c2nc(-c3ccccc3-n3ccc(C4CC4)n3)no2)[C@H]2CC[C@@H]12. The molecule has 2 saturated carbocycles. The number of benzene rings is 1. The second kappa shape index (κ2) is 5.52. The molecule has 1 amide bonds. The quantitative estimate of drug-likeness (QED) is 0.772. The molecule has 1 aromatic carbocycles. The zero-order valence-corrected chi connectivity index (χ0v) is 14.7. The van der Waals surface area contributed by atoms with Gasteiger partial charge in [0.15, 0.2) is 0 Å². The highest BCUT2D eigenvalue weighted by Crippen LogP contribution is 2.47. The molecule has 0 spiro atoms. The molecule has 0 bridgehead atoms. The molecule has 2 aromatic heterocycles. The zero-order chi connectivity index (χ0) is 18.0. The van der Waals surface area contributed by atoms with Crippen molar-refractivity contribution < 1.29 is 9.32 Å². The number of rotatable bonds is 4. The summed E-state index contributed by atoms with van der Waals surface area (Å²) in [5.74, 6) is 2.15.